The number of nitrogens with two attached hydrogens (primary N) is 2. The zero-order valence-electron chi connectivity index (χ0n) is 18.8. The van der Waals surface area contributed by atoms with E-state index in [2.05, 4.69) is 15.0 Å². The quantitative estimate of drug-likeness (QED) is 0.418. The summed E-state index contributed by atoms with van der Waals surface area (Å²) in [5, 5.41) is 9.54. The molecule has 34 heavy (non-hydrogen) atoms. The second-order valence-corrected chi connectivity index (χ2v) is 7.18. The van der Waals surface area contributed by atoms with Crippen LogP contribution in [-0.2, 0) is 6.61 Å². The van der Waals surface area contributed by atoms with Crippen molar-refractivity contribution in [1.82, 2.24) is 15.0 Å². The van der Waals surface area contributed by atoms with Gasteiger partial charge in [0.15, 0.2) is 0 Å². The fraction of sp³-hybridized carbons (Fsp3) is 0.167. The highest BCUT2D eigenvalue weighted by Gasteiger charge is 2.19. The highest BCUT2D eigenvalue weighted by Crippen LogP contribution is 2.35. The largest absolute Gasteiger partial charge is 0.497 e. The van der Waals surface area contributed by atoms with E-state index in [1.807, 2.05) is 6.07 Å². The summed E-state index contributed by atoms with van der Waals surface area (Å²) < 4.78 is 22.7. The molecular weight excluding hydrogens is 436 g/mol. The first-order valence-corrected chi connectivity index (χ1v) is 10.2. The summed E-state index contributed by atoms with van der Waals surface area (Å²) in [7, 11) is 3.16. The lowest BCUT2D eigenvalue weighted by atomic mass is 10.1. The lowest BCUT2D eigenvalue weighted by Crippen LogP contribution is -2.06. The first-order chi connectivity index (χ1) is 16.4. The fourth-order valence-corrected chi connectivity index (χ4v) is 3.39. The van der Waals surface area contributed by atoms with Crippen molar-refractivity contribution in [3.8, 4) is 46.0 Å². The van der Waals surface area contributed by atoms with Crippen molar-refractivity contribution in [3.05, 3.63) is 59.5 Å². The number of ether oxygens (including phenoxy) is 3. The van der Waals surface area contributed by atoms with E-state index < -0.39 is 0 Å². The minimum atomic E-state index is -0.0365. The molecule has 0 saturated carbocycles. The van der Waals surface area contributed by atoms with Crippen molar-refractivity contribution in [1.29, 1.82) is 5.26 Å². The van der Waals surface area contributed by atoms with Gasteiger partial charge in [0.05, 0.1) is 25.5 Å². The van der Waals surface area contributed by atoms with E-state index in [1.165, 1.54) is 0 Å². The molecule has 0 saturated heterocycles. The molecule has 0 fully saturated rings. The SMILES string of the molecule is COc1ccc(OC)c(-c2nc(COc3ccccc3-c3nc(N)nc(N)c3C#N)c(C)o2)c1. The van der Waals surface area contributed by atoms with Crippen LogP contribution >= 0.6 is 0 Å². The topological polar surface area (TPSA) is 155 Å². The Hall–Kier alpha value is -4.78. The minimum Gasteiger partial charge on any atom is -0.497 e. The van der Waals surface area contributed by atoms with Crippen molar-refractivity contribution in [2.24, 2.45) is 0 Å². The molecule has 10 nitrogen and oxygen atoms in total. The summed E-state index contributed by atoms with van der Waals surface area (Å²) >= 11 is 0. The summed E-state index contributed by atoms with van der Waals surface area (Å²) in [5.74, 6) is 2.65. The molecule has 2 heterocycles. The van der Waals surface area contributed by atoms with Crippen molar-refractivity contribution in [2.75, 3.05) is 25.7 Å². The van der Waals surface area contributed by atoms with Gasteiger partial charge in [0.2, 0.25) is 11.8 Å². The van der Waals surface area contributed by atoms with Gasteiger partial charge in [-0.3, -0.25) is 0 Å². The Morgan fingerprint density at radius 2 is 1.76 bits per heavy atom. The van der Waals surface area contributed by atoms with Gasteiger partial charge in [0.1, 0.15) is 52.8 Å². The van der Waals surface area contributed by atoms with Gasteiger partial charge in [-0.15, -0.1) is 0 Å². The number of nitrogen functional groups attached to an aromatic ring is 2. The number of hydrogen-bond donors (Lipinski definition) is 2. The monoisotopic (exact) mass is 458 g/mol. The molecule has 0 aliphatic rings. The van der Waals surface area contributed by atoms with Gasteiger partial charge in [-0.1, -0.05) is 12.1 Å². The molecule has 10 heteroatoms. The molecule has 172 valence electrons. The molecule has 0 atom stereocenters. The van der Waals surface area contributed by atoms with Crippen LogP contribution in [0.1, 0.15) is 17.0 Å². The van der Waals surface area contributed by atoms with Gasteiger partial charge in [-0.05, 0) is 37.3 Å². The number of oxazole rings is 1. The van der Waals surface area contributed by atoms with Gasteiger partial charge in [-0.25, -0.2) is 9.97 Å². The third kappa shape index (κ3) is 4.27. The molecule has 0 amide bonds. The maximum absolute atomic E-state index is 9.54. The van der Waals surface area contributed by atoms with Crippen LogP contribution in [0.25, 0.3) is 22.7 Å². The van der Waals surface area contributed by atoms with Crippen molar-refractivity contribution < 1.29 is 18.6 Å². The van der Waals surface area contributed by atoms with Crippen LogP contribution in [0.15, 0.2) is 46.9 Å². The average molecular weight is 458 g/mol. The Kier molecular flexibility index (Phi) is 6.18. The third-order valence-electron chi connectivity index (χ3n) is 5.10. The maximum Gasteiger partial charge on any atom is 0.230 e. The standard InChI is InChI=1S/C24H22N6O4/c1-13-18(28-23(34-13)16-10-14(31-2)8-9-19(16)32-3)12-33-20-7-5-4-6-15(20)21-17(11-25)22(26)30-24(27)29-21/h4-10H,12H2,1-3H3,(H4,26,27,29,30). The molecule has 0 unspecified atom stereocenters. The van der Waals surface area contributed by atoms with Crippen molar-refractivity contribution in [3.63, 3.8) is 0 Å². The third-order valence-corrected chi connectivity index (χ3v) is 5.10. The Morgan fingerprint density at radius 1 is 0.971 bits per heavy atom. The molecule has 2 aromatic carbocycles. The Balaban J connectivity index is 1.66. The zero-order chi connectivity index (χ0) is 24.2. The number of nitriles is 1. The Morgan fingerprint density at radius 3 is 2.50 bits per heavy atom. The van der Waals surface area contributed by atoms with Crippen LogP contribution in [0.4, 0.5) is 11.8 Å². The van der Waals surface area contributed by atoms with Gasteiger partial charge in [0.25, 0.3) is 0 Å². The second-order valence-electron chi connectivity index (χ2n) is 7.18. The molecule has 0 spiro atoms. The first-order valence-electron chi connectivity index (χ1n) is 10.2. The molecular formula is C24H22N6O4. The summed E-state index contributed by atoms with van der Waals surface area (Å²) in [4.78, 5) is 12.7. The van der Waals surface area contributed by atoms with E-state index in [0.29, 0.717) is 51.4 Å². The van der Waals surface area contributed by atoms with E-state index in [9.17, 15) is 5.26 Å². The second kappa shape index (κ2) is 9.38. The predicted octanol–water partition coefficient (Wildman–Crippen LogP) is 3.74. The maximum atomic E-state index is 9.54. The van der Waals surface area contributed by atoms with E-state index >= 15 is 0 Å². The smallest absolute Gasteiger partial charge is 0.230 e. The number of methoxy groups -OCH3 is 2. The summed E-state index contributed by atoms with van der Waals surface area (Å²) in [6.07, 6.45) is 0. The lowest BCUT2D eigenvalue weighted by molar-refractivity contribution is 0.300. The number of aryl methyl sites for hydroxylation is 1. The summed E-state index contributed by atoms with van der Waals surface area (Å²) in [6, 6.07) is 14.5. The number of anilines is 2. The Bertz CT molecular complexity index is 1390. The zero-order valence-corrected chi connectivity index (χ0v) is 18.8. The predicted molar refractivity (Wildman–Crippen MR) is 125 cm³/mol. The molecule has 4 N–H and O–H groups in total. The molecule has 4 rings (SSSR count). The van der Waals surface area contributed by atoms with Gasteiger partial charge < -0.3 is 30.1 Å². The van der Waals surface area contributed by atoms with E-state index in [4.69, 9.17) is 30.1 Å². The molecule has 2 aromatic heterocycles. The normalized spacial score (nSPS) is 10.5. The van der Waals surface area contributed by atoms with Crippen molar-refractivity contribution >= 4 is 11.8 Å². The number of aromatic nitrogens is 3. The Labute approximate surface area is 195 Å². The van der Waals surface area contributed by atoms with Crippen LogP contribution < -0.4 is 25.7 Å². The number of rotatable bonds is 7. The van der Waals surface area contributed by atoms with Crippen LogP contribution in [0.2, 0.25) is 0 Å². The molecule has 0 bridgehead atoms. The number of benzene rings is 2. The highest BCUT2D eigenvalue weighted by molar-refractivity contribution is 5.77. The highest BCUT2D eigenvalue weighted by atomic mass is 16.5. The minimum absolute atomic E-state index is 0.00373. The van der Waals surface area contributed by atoms with Gasteiger partial charge in [0, 0.05) is 5.56 Å². The van der Waals surface area contributed by atoms with Crippen LogP contribution in [0.3, 0.4) is 0 Å². The van der Waals surface area contributed by atoms with E-state index in [1.54, 1.807) is 63.6 Å². The summed E-state index contributed by atoms with van der Waals surface area (Å²) in [6.45, 7) is 1.91. The average Bonchev–Trinajstić information content (AvgIpc) is 3.22. The lowest BCUT2D eigenvalue weighted by Gasteiger charge is -2.12. The number of hydrogen-bond acceptors (Lipinski definition) is 10. The molecule has 4 aromatic rings. The van der Waals surface area contributed by atoms with Crippen LogP contribution in [-0.4, -0.2) is 29.2 Å². The number of para-hydroxylation sites is 1. The molecule has 0 aliphatic carbocycles. The molecule has 0 aliphatic heterocycles. The van der Waals surface area contributed by atoms with E-state index in [0.717, 1.165) is 0 Å². The van der Waals surface area contributed by atoms with E-state index in [-0.39, 0.29) is 23.9 Å². The van der Waals surface area contributed by atoms with Crippen molar-refractivity contribution in [2.45, 2.75) is 13.5 Å². The first kappa shape index (κ1) is 22.4. The van der Waals surface area contributed by atoms with Crippen LogP contribution in [0.5, 0.6) is 17.2 Å². The summed E-state index contributed by atoms with van der Waals surface area (Å²) in [5.41, 5.74) is 13.8. The molecule has 0 radical (unpaired) electrons. The number of nitrogens with zero attached hydrogens (tertiary/aromatic N) is 4. The van der Waals surface area contributed by atoms with Crippen LogP contribution in [0, 0.1) is 18.3 Å². The fourth-order valence-electron chi connectivity index (χ4n) is 3.39. The van der Waals surface area contributed by atoms with Gasteiger partial charge >= 0.3 is 0 Å². The van der Waals surface area contributed by atoms with Gasteiger partial charge in [-0.2, -0.15) is 10.2 Å².